The lowest BCUT2D eigenvalue weighted by Crippen LogP contribution is -2.47. The summed E-state index contributed by atoms with van der Waals surface area (Å²) < 4.78 is 29.9. The Kier molecular flexibility index (Phi) is 7.27. The number of sulfonamides is 1. The van der Waals surface area contributed by atoms with Crippen molar-refractivity contribution in [1.29, 1.82) is 0 Å². The SMILES string of the molecule is CCCCS(=O)(=O)NC(CN)C(=O)OCC. The molecule has 0 bridgehead atoms. The molecule has 0 fully saturated rings. The number of unbranched alkanes of at least 4 members (excludes halogenated alkanes) is 1. The summed E-state index contributed by atoms with van der Waals surface area (Å²) in [5.41, 5.74) is 5.31. The molecule has 0 aliphatic carbocycles. The van der Waals surface area contributed by atoms with E-state index in [2.05, 4.69) is 4.72 Å². The van der Waals surface area contributed by atoms with Crippen molar-refractivity contribution in [3.8, 4) is 0 Å². The van der Waals surface area contributed by atoms with Gasteiger partial charge in [-0.05, 0) is 13.3 Å². The maximum atomic E-state index is 11.5. The summed E-state index contributed by atoms with van der Waals surface area (Å²) >= 11 is 0. The second kappa shape index (κ2) is 7.59. The van der Waals surface area contributed by atoms with Crippen LogP contribution in [0.3, 0.4) is 0 Å². The second-order valence-corrected chi connectivity index (χ2v) is 5.20. The van der Waals surface area contributed by atoms with E-state index in [0.717, 1.165) is 6.42 Å². The van der Waals surface area contributed by atoms with Crippen molar-refractivity contribution in [1.82, 2.24) is 4.72 Å². The van der Waals surface area contributed by atoms with Gasteiger partial charge in [0.2, 0.25) is 10.0 Å². The molecule has 3 N–H and O–H groups in total. The van der Waals surface area contributed by atoms with Crippen molar-refractivity contribution in [2.75, 3.05) is 18.9 Å². The van der Waals surface area contributed by atoms with E-state index < -0.39 is 22.0 Å². The van der Waals surface area contributed by atoms with Crippen molar-refractivity contribution < 1.29 is 17.9 Å². The highest BCUT2D eigenvalue weighted by Gasteiger charge is 2.23. The Bertz CT molecular complexity index is 303. The highest BCUT2D eigenvalue weighted by Crippen LogP contribution is 1.97. The summed E-state index contributed by atoms with van der Waals surface area (Å²) in [5.74, 6) is -0.635. The van der Waals surface area contributed by atoms with Crippen LogP contribution >= 0.6 is 0 Å². The summed E-state index contributed by atoms with van der Waals surface area (Å²) in [4.78, 5) is 11.3. The van der Waals surface area contributed by atoms with E-state index in [4.69, 9.17) is 10.5 Å². The maximum absolute atomic E-state index is 11.5. The number of carbonyl (C=O) groups excluding carboxylic acids is 1. The van der Waals surface area contributed by atoms with Crippen LogP contribution in [0.1, 0.15) is 26.7 Å². The minimum absolute atomic E-state index is 0.000590. The molecule has 16 heavy (non-hydrogen) atoms. The molecule has 7 heteroatoms. The largest absolute Gasteiger partial charge is 0.465 e. The molecule has 0 spiro atoms. The van der Waals surface area contributed by atoms with Crippen LogP contribution in [0.15, 0.2) is 0 Å². The van der Waals surface area contributed by atoms with Gasteiger partial charge in [0.25, 0.3) is 0 Å². The lowest BCUT2D eigenvalue weighted by Gasteiger charge is -2.15. The molecular weight excluding hydrogens is 232 g/mol. The smallest absolute Gasteiger partial charge is 0.325 e. The lowest BCUT2D eigenvalue weighted by molar-refractivity contribution is -0.144. The third-order valence-corrected chi connectivity index (χ3v) is 3.37. The Hall–Kier alpha value is -0.660. The summed E-state index contributed by atoms with van der Waals surface area (Å²) in [6.45, 7) is 3.63. The van der Waals surface area contributed by atoms with Crippen LogP contribution in [0.4, 0.5) is 0 Å². The number of nitrogens with two attached hydrogens (primary N) is 1. The molecule has 0 aliphatic rings. The summed E-state index contributed by atoms with van der Waals surface area (Å²) in [5, 5.41) is 0. The van der Waals surface area contributed by atoms with Gasteiger partial charge in [-0.3, -0.25) is 4.79 Å². The summed E-state index contributed by atoms with van der Waals surface area (Å²) in [6, 6.07) is -0.984. The number of rotatable bonds is 8. The van der Waals surface area contributed by atoms with Crippen molar-refractivity contribution in [3.05, 3.63) is 0 Å². The molecule has 1 atom stereocenters. The summed E-state index contributed by atoms with van der Waals surface area (Å²) in [7, 11) is -3.45. The Morgan fingerprint density at radius 2 is 2.06 bits per heavy atom. The highest BCUT2D eigenvalue weighted by molar-refractivity contribution is 7.89. The van der Waals surface area contributed by atoms with Gasteiger partial charge in [-0.1, -0.05) is 13.3 Å². The molecule has 0 amide bonds. The maximum Gasteiger partial charge on any atom is 0.325 e. The van der Waals surface area contributed by atoms with Crippen LogP contribution in [-0.4, -0.2) is 39.3 Å². The number of carbonyl (C=O) groups is 1. The van der Waals surface area contributed by atoms with Crippen LogP contribution in [0.25, 0.3) is 0 Å². The van der Waals surface area contributed by atoms with Gasteiger partial charge in [0, 0.05) is 6.54 Å². The molecule has 0 saturated heterocycles. The fourth-order valence-corrected chi connectivity index (χ4v) is 2.46. The van der Waals surface area contributed by atoms with Crippen LogP contribution < -0.4 is 10.5 Å². The Labute approximate surface area is 96.6 Å². The fraction of sp³-hybridized carbons (Fsp3) is 0.889. The van der Waals surface area contributed by atoms with Crippen molar-refractivity contribution in [2.24, 2.45) is 5.73 Å². The molecule has 0 saturated carbocycles. The van der Waals surface area contributed by atoms with E-state index in [1.165, 1.54) is 0 Å². The van der Waals surface area contributed by atoms with E-state index in [9.17, 15) is 13.2 Å². The third-order valence-electron chi connectivity index (χ3n) is 1.90. The molecule has 0 radical (unpaired) electrons. The lowest BCUT2D eigenvalue weighted by atomic mass is 10.3. The molecule has 0 rings (SSSR count). The molecule has 0 heterocycles. The first-order valence-corrected chi connectivity index (χ1v) is 6.98. The standard InChI is InChI=1S/C9H20N2O4S/c1-3-5-6-16(13,14)11-8(7-10)9(12)15-4-2/h8,11H,3-7,10H2,1-2H3. The molecule has 0 aromatic carbocycles. The second-order valence-electron chi connectivity index (χ2n) is 3.33. The number of esters is 1. The predicted molar refractivity (Wildman–Crippen MR) is 61.3 cm³/mol. The zero-order valence-corrected chi connectivity index (χ0v) is 10.5. The van der Waals surface area contributed by atoms with Crippen LogP contribution in [-0.2, 0) is 19.6 Å². The van der Waals surface area contributed by atoms with Crippen LogP contribution in [0.2, 0.25) is 0 Å². The minimum Gasteiger partial charge on any atom is -0.465 e. The average Bonchev–Trinajstić information content (AvgIpc) is 2.23. The molecule has 6 nitrogen and oxygen atoms in total. The van der Waals surface area contributed by atoms with Gasteiger partial charge in [-0.2, -0.15) is 4.72 Å². The average molecular weight is 252 g/mol. The molecular formula is C9H20N2O4S. The first-order chi connectivity index (χ1) is 7.46. The fourth-order valence-electron chi connectivity index (χ4n) is 1.05. The number of hydrogen-bond acceptors (Lipinski definition) is 5. The van der Waals surface area contributed by atoms with Gasteiger partial charge in [0.1, 0.15) is 6.04 Å². The van der Waals surface area contributed by atoms with E-state index >= 15 is 0 Å². The van der Waals surface area contributed by atoms with E-state index in [1.54, 1.807) is 6.92 Å². The van der Waals surface area contributed by atoms with Gasteiger partial charge in [0.15, 0.2) is 0 Å². The van der Waals surface area contributed by atoms with Crippen molar-refractivity contribution in [2.45, 2.75) is 32.7 Å². The normalized spacial score (nSPS) is 13.4. The van der Waals surface area contributed by atoms with E-state index in [1.807, 2.05) is 6.92 Å². The van der Waals surface area contributed by atoms with Gasteiger partial charge in [-0.25, -0.2) is 8.42 Å². The van der Waals surface area contributed by atoms with Gasteiger partial charge in [-0.15, -0.1) is 0 Å². The highest BCUT2D eigenvalue weighted by atomic mass is 32.2. The van der Waals surface area contributed by atoms with E-state index in [-0.39, 0.29) is 18.9 Å². The first kappa shape index (κ1) is 15.3. The Morgan fingerprint density at radius 3 is 2.50 bits per heavy atom. The molecule has 1 unspecified atom stereocenters. The van der Waals surface area contributed by atoms with Gasteiger partial charge in [0.05, 0.1) is 12.4 Å². The third kappa shape index (κ3) is 6.04. The Morgan fingerprint density at radius 1 is 1.44 bits per heavy atom. The number of ether oxygens (including phenoxy) is 1. The van der Waals surface area contributed by atoms with Crippen molar-refractivity contribution >= 4 is 16.0 Å². The molecule has 0 aromatic heterocycles. The number of hydrogen-bond donors (Lipinski definition) is 2. The van der Waals surface area contributed by atoms with E-state index in [0.29, 0.717) is 6.42 Å². The first-order valence-electron chi connectivity index (χ1n) is 5.33. The quantitative estimate of drug-likeness (QED) is 0.572. The number of nitrogens with one attached hydrogen (secondary N) is 1. The van der Waals surface area contributed by atoms with Gasteiger partial charge < -0.3 is 10.5 Å². The minimum atomic E-state index is -3.45. The monoisotopic (exact) mass is 252 g/mol. The van der Waals surface area contributed by atoms with Crippen LogP contribution in [0, 0.1) is 0 Å². The topological polar surface area (TPSA) is 98.5 Å². The zero-order valence-electron chi connectivity index (χ0n) is 9.73. The molecule has 0 aromatic rings. The molecule has 96 valence electrons. The zero-order chi connectivity index (χ0) is 12.6. The van der Waals surface area contributed by atoms with Gasteiger partial charge >= 0.3 is 5.97 Å². The summed E-state index contributed by atoms with van der Waals surface area (Å²) in [6.07, 6.45) is 1.32. The molecule has 0 aliphatic heterocycles. The Balaban J connectivity index is 4.36. The van der Waals surface area contributed by atoms with Crippen LogP contribution in [0.5, 0.6) is 0 Å². The van der Waals surface area contributed by atoms with Crippen molar-refractivity contribution in [3.63, 3.8) is 0 Å². The predicted octanol–water partition coefficient (Wildman–Crippen LogP) is -0.404.